The van der Waals surface area contributed by atoms with E-state index in [1.807, 2.05) is 0 Å². The standard InChI is InChI=1S/C23H40O6/c1-4-5-6-7-8-9-16-23(26)28-19-22(18-27-3)29-20(2)13-12-15-21(25)14-10-11-17-24/h17,22H,2,4-16,18-19H2,1,3H3. The molecule has 6 heteroatoms. The van der Waals surface area contributed by atoms with Gasteiger partial charge in [0, 0.05) is 39.2 Å². The molecule has 29 heavy (non-hydrogen) atoms. The number of ketones is 1. The number of Topliss-reactive ketones (excluding diaryl/α,β-unsaturated/α-hetero) is 1. The quantitative estimate of drug-likeness (QED) is 0.115. The Morgan fingerprint density at radius 2 is 1.59 bits per heavy atom. The number of carbonyl (C=O) groups excluding carboxylic acids is 3. The molecule has 0 aromatic rings. The number of carbonyl (C=O) groups is 3. The van der Waals surface area contributed by atoms with E-state index in [0.717, 1.165) is 25.5 Å². The number of hydrogen-bond acceptors (Lipinski definition) is 6. The first-order valence-electron chi connectivity index (χ1n) is 11.0. The van der Waals surface area contributed by atoms with Gasteiger partial charge in [0.1, 0.15) is 18.7 Å². The summed E-state index contributed by atoms with van der Waals surface area (Å²) in [7, 11) is 1.56. The van der Waals surface area contributed by atoms with E-state index in [2.05, 4.69) is 13.5 Å². The lowest BCUT2D eigenvalue weighted by Gasteiger charge is -2.20. The highest BCUT2D eigenvalue weighted by molar-refractivity contribution is 5.78. The van der Waals surface area contributed by atoms with Crippen LogP contribution in [0.1, 0.15) is 90.4 Å². The zero-order valence-electron chi connectivity index (χ0n) is 18.4. The van der Waals surface area contributed by atoms with Gasteiger partial charge in [-0.3, -0.25) is 9.59 Å². The Morgan fingerprint density at radius 3 is 2.28 bits per heavy atom. The van der Waals surface area contributed by atoms with Crippen molar-refractivity contribution in [3.63, 3.8) is 0 Å². The molecule has 0 aliphatic rings. The van der Waals surface area contributed by atoms with Crippen LogP contribution < -0.4 is 0 Å². The second-order valence-electron chi connectivity index (χ2n) is 7.39. The minimum absolute atomic E-state index is 0.131. The Bertz CT molecular complexity index is 460. The molecular weight excluding hydrogens is 372 g/mol. The van der Waals surface area contributed by atoms with Crippen LogP contribution in [0.5, 0.6) is 0 Å². The molecule has 1 unspecified atom stereocenters. The fourth-order valence-electron chi connectivity index (χ4n) is 2.89. The van der Waals surface area contributed by atoms with Gasteiger partial charge in [-0.25, -0.2) is 0 Å². The minimum Gasteiger partial charge on any atom is -0.489 e. The van der Waals surface area contributed by atoms with Crippen molar-refractivity contribution in [2.24, 2.45) is 0 Å². The zero-order valence-corrected chi connectivity index (χ0v) is 18.4. The van der Waals surface area contributed by atoms with Crippen LogP contribution in [0.3, 0.4) is 0 Å². The lowest BCUT2D eigenvalue weighted by atomic mass is 10.1. The molecule has 0 amide bonds. The van der Waals surface area contributed by atoms with E-state index in [-0.39, 0.29) is 18.4 Å². The summed E-state index contributed by atoms with van der Waals surface area (Å²) < 4.78 is 16.2. The molecular formula is C23H40O6. The van der Waals surface area contributed by atoms with Crippen molar-refractivity contribution in [1.82, 2.24) is 0 Å². The number of ether oxygens (including phenoxy) is 3. The van der Waals surface area contributed by atoms with Crippen LogP contribution in [0.25, 0.3) is 0 Å². The maximum absolute atomic E-state index is 11.9. The van der Waals surface area contributed by atoms with Gasteiger partial charge in [0.2, 0.25) is 0 Å². The summed E-state index contributed by atoms with van der Waals surface area (Å²) in [5.41, 5.74) is 0. The smallest absolute Gasteiger partial charge is 0.305 e. The Labute approximate surface area is 176 Å². The van der Waals surface area contributed by atoms with Crippen molar-refractivity contribution in [2.45, 2.75) is 96.5 Å². The molecule has 168 valence electrons. The SMILES string of the molecule is C=C(CCCC(=O)CCCC=O)OC(COC)COC(=O)CCCCCCCC. The van der Waals surface area contributed by atoms with E-state index >= 15 is 0 Å². The van der Waals surface area contributed by atoms with E-state index in [4.69, 9.17) is 14.2 Å². The molecule has 0 rings (SSSR count). The van der Waals surface area contributed by atoms with Gasteiger partial charge >= 0.3 is 5.97 Å². The molecule has 0 saturated carbocycles. The third-order valence-electron chi connectivity index (χ3n) is 4.54. The number of unbranched alkanes of at least 4 members (excludes halogenated alkanes) is 6. The Kier molecular flexibility index (Phi) is 18.5. The molecule has 0 heterocycles. The van der Waals surface area contributed by atoms with Crippen LogP contribution >= 0.6 is 0 Å². The summed E-state index contributed by atoms with van der Waals surface area (Å²) >= 11 is 0. The van der Waals surface area contributed by atoms with E-state index < -0.39 is 6.10 Å². The number of rotatable bonds is 21. The molecule has 0 spiro atoms. The number of aldehydes is 1. The van der Waals surface area contributed by atoms with Crippen LogP contribution in [0.2, 0.25) is 0 Å². The highest BCUT2D eigenvalue weighted by atomic mass is 16.6. The van der Waals surface area contributed by atoms with Crippen LogP contribution in [-0.4, -0.2) is 44.5 Å². The van der Waals surface area contributed by atoms with Gasteiger partial charge in [0.05, 0.1) is 12.4 Å². The summed E-state index contributed by atoms with van der Waals surface area (Å²) in [6.45, 7) is 6.50. The summed E-state index contributed by atoms with van der Waals surface area (Å²) in [5, 5.41) is 0. The fraction of sp³-hybridized carbons (Fsp3) is 0.783. The lowest BCUT2D eigenvalue weighted by molar-refractivity contribution is -0.148. The topological polar surface area (TPSA) is 78.9 Å². The van der Waals surface area contributed by atoms with Crippen LogP contribution in [0.15, 0.2) is 12.3 Å². The Balaban J connectivity index is 3.96. The lowest BCUT2D eigenvalue weighted by Crippen LogP contribution is -2.26. The first-order valence-corrected chi connectivity index (χ1v) is 11.0. The molecule has 0 saturated heterocycles. The maximum atomic E-state index is 11.9. The zero-order chi connectivity index (χ0) is 21.7. The largest absolute Gasteiger partial charge is 0.489 e. The van der Waals surface area contributed by atoms with Gasteiger partial charge in [-0.2, -0.15) is 0 Å². The van der Waals surface area contributed by atoms with E-state index in [1.54, 1.807) is 7.11 Å². The van der Waals surface area contributed by atoms with Crippen LogP contribution in [0, 0.1) is 0 Å². The third kappa shape index (κ3) is 18.1. The molecule has 0 aliphatic heterocycles. The molecule has 0 fully saturated rings. The first kappa shape index (κ1) is 27.3. The number of methoxy groups -OCH3 is 1. The van der Waals surface area contributed by atoms with Gasteiger partial charge in [0.25, 0.3) is 0 Å². The molecule has 0 aromatic heterocycles. The normalized spacial score (nSPS) is 11.7. The van der Waals surface area contributed by atoms with E-state index in [1.165, 1.54) is 19.3 Å². The Hall–Kier alpha value is -1.69. The van der Waals surface area contributed by atoms with E-state index in [9.17, 15) is 14.4 Å². The van der Waals surface area contributed by atoms with Gasteiger partial charge in [-0.1, -0.05) is 45.6 Å². The molecule has 6 nitrogen and oxygen atoms in total. The number of allylic oxidation sites excluding steroid dienone is 1. The van der Waals surface area contributed by atoms with Crippen molar-refractivity contribution in [3.05, 3.63) is 12.3 Å². The first-order chi connectivity index (χ1) is 14.0. The maximum Gasteiger partial charge on any atom is 0.305 e. The van der Waals surface area contributed by atoms with Gasteiger partial charge in [-0.05, 0) is 19.3 Å². The second-order valence-corrected chi connectivity index (χ2v) is 7.39. The highest BCUT2D eigenvalue weighted by Gasteiger charge is 2.15. The molecule has 0 aliphatic carbocycles. The van der Waals surface area contributed by atoms with E-state index in [0.29, 0.717) is 57.3 Å². The molecule has 0 radical (unpaired) electrons. The van der Waals surface area contributed by atoms with Crippen molar-refractivity contribution >= 4 is 18.0 Å². The average Bonchev–Trinajstić information content (AvgIpc) is 2.69. The predicted octanol–water partition coefficient (Wildman–Crippen LogP) is 4.93. The minimum atomic E-state index is -0.399. The van der Waals surface area contributed by atoms with Crippen LogP contribution in [-0.2, 0) is 28.6 Å². The summed E-state index contributed by atoms with van der Waals surface area (Å²) in [6, 6.07) is 0. The summed E-state index contributed by atoms with van der Waals surface area (Å²) in [4.78, 5) is 33.8. The van der Waals surface area contributed by atoms with Crippen molar-refractivity contribution in [1.29, 1.82) is 0 Å². The van der Waals surface area contributed by atoms with Gasteiger partial charge < -0.3 is 19.0 Å². The second kappa shape index (κ2) is 19.6. The molecule has 0 bridgehead atoms. The number of esters is 1. The molecule has 0 N–H and O–H groups in total. The Morgan fingerprint density at radius 1 is 0.897 bits per heavy atom. The van der Waals surface area contributed by atoms with Crippen molar-refractivity contribution in [2.75, 3.05) is 20.3 Å². The highest BCUT2D eigenvalue weighted by Crippen LogP contribution is 2.13. The van der Waals surface area contributed by atoms with Gasteiger partial charge in [-0.15, -0.1) is 0 Å². The fourth-order valence-corrected chi connectivity index (χ4v) is 2.89. The summed E-state index contributed by atoms with van der Waals surface area (Å²) in [6.07, 6.45) is 10.8. The monoisotopic (exact) mass is 412 g/mol. The van der Waals surface area contributed by atoms with Crippen LogP contribution in [0.4, 0.5) is 0 Å². The molecule has 1 atom stereocenters. The summed E-state index contributed by atoms with van der Waals surface area (Å²) in [5.74, 6) is 0.494. The molecule has 0 aromatic carbocycles. The predicted molar refractivity (Wildman–Crippen MR) is 114 cm³/mol. The van der Waals surface area contributed by atoms with Gasteiger partial charge in [0.15, 0.2) is 6.10 Å². The number of hydrogen-bond donors (Lipinski definition) is 0. The third-order valence-corrected chi connectivity index (χ3v) is 4.54. The van der Waals surface area contributed by atoms with Crippen molar-refractivity contribution in [3.8, 4) is 0 Å². The van der Waals surface area contributed by atoms with Crippen molar-refractivity contribution < 1.29 is 28.6 Å². The average molecular weight is 413 g/mol.